The molecule has 0 spiro atoms. The number of nitrogens with one attached hydrogen (secondary N) is 1. The molecule has 0 bridgehead atoms. The van der Waals surface area contributed by atoms with Gasteiger partial charge < -0.3 is 19.2 Å². The molecule has 0 saturated heterocycles. The minimum atomic E-state index is -0.142. The highest BCUT2D eigenvalue weighted by Crippen LogP contribution is 2.22. The number of nitrogens with zero attached hydrogens (tertiary/aromatic N) is 3. The van der Waals surface area contributed by atoms with E-state index in [9.17, 15) is 9.59 Å². The Morgan fingerprint density at radius 3 is 2.67 bits per heavy atom. The second-order valence-electron chi connectivity index (χ2n) is 6.55. The molecule has 1 amide bonds. The highest BCUT2D eigenvalue weighted by Gasteiger charge is 2.26. The van der Waals surface area contributed by atoms with Crippen molar-refractivity contribution in [1.82, 2.24) is 19.4 Å². The van der Waals surface area contributed by atoms with Crippen LogP contribution < -0.4 is 10.3 Å². The molecule has 0 atom stereocenters. The van der Waals surface area contributed by atoms with E-state index in [4.69, 9.17) is 4.74 Å². The van der Waals surface area contributed by atoms with Gasteiger partial charge in [-0.1, -0.05) is 0 Å². The van der Waals surface area contributed by atoms with Crippen molar-refractivity contribution in [3.8, 4) is 17.1 Å². The summed E-state index contributed by atoms with van der Waals surface area (Å²) in [6.07, 6.45) is 2.34. The van der Waals surface area contributed by atoms with Crippen molar-refractivity contribution in [2.75, 3.05) is 13.7 Å². The number of amides is 1. The second-order valence-corrected chi connectivity index (χ2v) is 6.55. The van der Waals surface area contributed by atoms with E-state index in [1.54, 1.807) is 22.6 Å². The average Bonchev–Trinajstić information content (AvgIpc) is 3.13. The number of hydrogen-bond acceptors (Lipinski definition) is 4. The van der Waals surface area contributed by atoms with Crippen LogP contribution in [0.25, 0.3) is 11.4 Å². The standard InChI is InChI=1S/C20H20N4O3/c1-23-10-3-4-17(23)20(26)24-11-9-15-16(12-24)21-18(22-19(15)25)13-5-7-14(27-2)8-6-13/h3-8,10H,9,11-12H2,1-2H3,(H,21,22,25). The van der Waals surface area contributed by atoms with Gasteiger partial charge in [0, 0.05) is 30.9 Å². The van der Waals surface area contributed by atoms with Crippen LogP contribution in [-0.4, -0.2) is 39.0 Å². The molecule has 3 aromatic rings. The summed E-state index contributed by atoms with van der Waals surface area (Å²) in [6, 6.07) is 11.0. The average molecular weight is 364 g/mol. The number of aromatic amines is 1. The van der Waals surface area contributed by atoms with Gasteiger partial charge in [-0.25, -0.2) is 4.98 Å². The topological polar surface area (TPSA) is 80.2 Å². The number of ether oxygens (including phenoxy) is 1. The predicted octanol–water partition coefficient (Wildman–Crippen LogP) is 1.98. The van der Waals surface area contributed by atoms with Gasteiger partial charge in [-0.2, -0.15) is 0 Å². The maximum Gasteiger partial charge on any atom is 0.270 e. The third kappa shape index (κ3) is 3.12. The van der Waals surface area contributed by atoms with Crippen LogP contribution in [0.5, 0.6) is 5.75 Å². The van der Waals surface area contributed by atoms with Crippen LogP contribution >= 0.6 is 0 Å². The zero-order valence-electron chi connectivity index (χ0n) is 15.2. The van der Waals surface area contributed by atoms with Gasteiger partial charge in [0.25, 0.3) is 11.5 Å². The quantitative estimate of drug-likeness (QED) is 0.771. The summed E-state index contributed by atoms with van der Waals surface area (Å²) in [6.45, 7) is 0.829. The number of H-pyrrole nitrogens is 1. The van der Waals surface area contributed by atoms with Crippen LogP contribution in [0.1, 0.15) is 21.7 Å². The first-order valence-electron chi connectivity index (χ1n) is 8.74. The number of aromatic nitrogens is 3. The molecule has 0 saturated carbocycles. The van der Waals surface area contributed by atoms with Crippen LogP contribution in [-0.2, 0) is 20.0 Å². The Balaban J connectivity index is 1.66. The van der Waals surface area contributed by atoms with Crippen LogP contribution in [0.15, 0.2) is 47.4 Å². The highest BCUT2D eigenvalue weighted by molar-refractivity contribution is 5.92. The smallest absolute Gasteiger partial charge is 0.270 e. The molecular formula is C20H20N4O3. The van der Waals surface area contributed by atoms with Crippen molar-refractivity contribution in [3.05, 3.63) is 69.9 Å². The fraction of sp³-hybridized carbons (Fsp3) is 0.250. The van der Waals surface area contributed by atoms with Gasteiger partial charge >= 0.3 is 0 Å². The second kappa shape index (κ2) is 6.75. The number of fused-ring (bicyclic) bond motifs is 1. The normalized spacial score (nSPS) is 13.3. The first-order chi connectivity index (χ1) is 13.1. The van der Waals surface area contributed by atoms with Crippen molar-refractivity contribution in [3.63, 3.8) is 0 Å². The first-order valence-corrected chi connectivity index (χ1v) is 8.74. The van der Waals surface area contributed by atoms with E-state index in [0.717, 1.165) is 11.3 Å². The molecule has 1 aliphatic rings. The summed E-state index contributed by atoms with van der Waals surface area (Å²) in [5.41, 5.74) is 2.58. The molecule has 2 aromatic heterocycles. The molecular weight excluding hydrogens is 344 g/mol. The third-order valence-corrected chi connectivity index (χ3v) is 4.89. The van der Waals surface area contributed by atoms with Gasteiger partial charge in [-0.05, 0) is 42.8 Å². The minimum Gasteiger partial charge on any atom is -0.497 e. The van der Waals surface area contributed by atoms with Gasteiger partial charge in [-0.15, -0.1) is 0 Å². The van der Waals surface area contributed by atoms with Gasteiger partial charge in [-0.3, -0.25) is 9.59 Å². The van der Waals surface area contributed by atoms with Crippen molar-refractivity contribution in [1.29, 1.82) is 0 Å². The lowest BCUT2D eigenvalue weighted by Gasteiger charge is -2.28. The maximum atomic E-state index is 12.8. The van der Waals surface area contributed by atoms with Crippen LogP contribution in [0, 0.1) is 0 Å². The molecule has 0 unspecified atom stereocenters. The first kappa shape index (κ1) is 17.1. The summed E-state index contributed by atoms with van der Waals surface area (Å²) in [5, 5.41) is 0. The number of methoxy groups -OCH3 is 1. The molecule has 1 aliphatic heterocycles. The minimum absolute atomic E-state index is 0.0544. The molecule has 0 fully saturated rings. The largest absolute Gasteiger partial charge is 0.497 e. The van der Waals surface area contributed by atoms with Gasteiger partial charge in [0.1, 0.15) is 17.3 Å². The molecule has 27 heavy (non-hydrogen) atoms. The highest BCUT2D eigenvalue weighted by atomic mass is 16.5. The Morgan fingerprint density at radius 2 is 2.00 bits per heavy atom. The fourth-order valence-electron chi connectivity index (χ4n) is 3.34. The summed E-state index contributed by atoms with van der Waals surface area (Å²) in [7, 11) is 3.45. The molecule has 1 aromatic carbocycles. The number of rotatable bonds is 3. The number of hydrogen-bond donors (Lipinski definition) is 1. The monoisotopic (exact) mass is 364 g/mol. The molecule has 7 heteroatoms. The SMILES string of the molecule is COc1ccc(-c2nc3c(c(=O)[nH]2)CCN(C(=O)c2cccn2C)C3)cc1. The summed E-state index contributed by atoms with van der Waals surface area (Å²) >= 11 is 0. The summed E-state index contributed by atoms with van der Waals surface area (Å²) in [4.78, 5) is 34.5. The van der Waals surface area contributed by atoms with E-state index in [1.165, 1.54) is 0 Å². The lowest BCUT2D eigenvalue weighted by atomic mass is 10.1. The lowest BCUT2D eigenvalue weighted by Crippen LogP contribution is -2.39. The molecule has 0 radical (unpaired) electrons. The lowest BCUT2D eigenvalue weighted by molar-refractivity contribution is 0.0721. The van der Waals surface area contributed by atoms with Crippen LogP contribution in [0.3, 0.4) is 0 Å². The van der Waals surface area contributed by atoms with E-state index in [1.807, 2.05) is 43.6 Å². The Kier molecular flexibility index (Phi) is 4.27. The molecule has 0 aliphatic carbocycles. The van der Waals surface area contributed by atoms with Crippen molar-refractivity contribution >= 4 is 5.91 Å². The number of carbonyl (C=O) groups is 1. The molecule has 4 rings (SSSR count). The Labute approximate surface area is 156 Å². The maximum absolute atomic E-state index is 12.8. The van der Waals surface area contributed by atoms with Crippen LogP contribution in [0.2, 0.25) is 0 Å². The van der Waals surface area contributed by atoms with E-state index in [-0.39, 0.29) is 11.5 Å². The van der Waals surface area contributed by atoms with Crippen molar-refractivity contribution in [2.45, 2.75) is 13.0 Å². The van der Waals surface area contributed by atoms with E-state index in [2.05, 4.69) is 9.97 Å². The summed E-state index contributed by atoms with van der Waals surface area (Å²) in [5.74, 6) is 1.18. The number of carbonyl (C=O) groups excluding carboxylic acids is 1. The number of benzene rings is 1. The number of aryl methyl sites for hydroxylation is 1. The fourth-order valence-corrected chi connectivity index (χ4v) is 3.34. The van der Waals surface area contributed by atoms with Gasteiger partial charge in [0.2, 0.25) is 0 Å². The van der Waals surface area contributed by atoms with Gasteiger partial charge in [0.05, 0.1) is 19.3 Å². The molecule has 7 nitrogen and oxygen atoms in total. The zero-order valence-corrected chi connectivity index (χ0v) is 15.2. The predicted molar refractivity (Wildman–Crippen MR) is 101 cm³/mol. The Bertz CT molecular complexity index is 1050. The summed E-state index contributed by atoms with van der Waals surface area (Å²) < 4.78 is 6.96. The Morgan fingerprint density at radius 1 is 1.22 bits per heavy atom. The van der Waals surface area contributed by atoms with E-state index in [0.29, 0.717) is 42.3 Å². The Hall–Kier alpha value is -3.35. The van der Waals surface area contributed by atoms with Crippen molar-refractivity contribution < 1.29 is 9.53 Å². The van der Waals surface area contributed by atoms with E-state index < -0.39 is 0 Å². The zero-order chi connectivity index (χ0) is 19.0. The van der Waals surface area contributed by atoms with Gasteiger partial charge in [0.15, 0.2) is 0 Å². The molecule has 138 valence electrons. The van der Waals surface area contributed by atoms with Crippen molar-refractivity contribution in [2.24, 2.45) is 7.05 Å². The molecule has 3 heterocycles. The molecule has 1 N–H and O–H groups in total. The van der Waals surface area contributed by atoms with Crippen LogP contribution in [0.4, 0.5) is 0 Å². The van der Waals surface area contributed by atoms with E-state index >= 15 is 0 Å². The third-order valence-electron chi connectivity index (χ3n) is 4.89.